The Kier molecular flexibility index (Phi) is 3.55. The van der Waals surface area contributed by atoms with E-state index < -0.39 is 0 Å². The molecule has 2 heterocycles. The molecule has 0 bridgehead atoms. The number of nitrogens with two attached hydrogens (primary N) is 1. The second-order valence-corrected chi connectivity index (χ2v) is 5.64. The molecule has 3 rings (SSSR count). The lowest BCUT2D eigenvalue weighted by Crippen LogP contribution is -2.32. The molecule has 1 saturated carbocycles. The lowest BCUT2D eigenvalue weighted by Gasteiger charge is -2.26. The Morgan fingerprint density at radius 3 is 2.95 bits per heavy atom. The number of aryl methyl sites for hydroxylation is 1. The van der Waals surface area contributed by atoms with Crippen molar-refractivity contribution in [3.8, 4) is 0 Å². The molecule has 0 aromatic carbocycles. The molecule has 2 fully saturated rings. The van der Waals surface area contributed by atoms with E-state index in [4.69, 9.17) is 5.73 Å². The van der Waals surface area contributed by atoms with Crippen molar-refractivity contribution in [1.29, 1.82) is 0 Å². The van der Waals surface area contributed by atoms with Crippen LogP contribution in [0.4, 0.5) is 11.6 Å². The third kappa shape index (κ3) is 2.97. The molecular weight excluding hydrogens is 238 g/mol. The summed E-state index contributed by atoms with van der Waals surface area (Å²) in [5.41, 5.74) is 5.71. The van der Waals surface area contributed by atoms with E-state index in [1.54, 1.807) is 0 Å². The molecule has 3 N–H and O–H groups in total. The van der Waals surface area contributed by atoms with Crippen molar-refractivity contribution in [3.05, 3.63) is 11.9 Å². The number of rotatable bonds is 5. The Balaban J connectivity index is 1.80. The minimum Gasteiger partial charge on any atom is -0.367 e. The van der Waals surface area contributed by atoms with Gasteiger partial charge in [0.2, 0.25) is 0 Å². The minimum atomic E-state index is 0.549. The van der Waals surface area contributed by atoms with Crippen LogP contribution in [0.1, 0.15) is 37.9 Å². The zero-order chi connectivity index (χ0) is 13.2. The van der Waals surface area contributed by atoms with Gasteiger partial charge in [-0.1, -0.05) is 0 Å². The van der Waals surface area contributed by atoms with Gasteiger partial charge in [-0.05, 0) is 45.6 Å². The predicted molar refractivity (Wildman–Crippen MR) is 77.5 cm³/mol. The topological polar surface area (TPSA) is 67.1 Å². The Hall–Kier alpha value is -1.36. The first-order chi connectivity index (χ1) is 9.26. The van der Waals surface area contributed by atoms with Gasteiger partial charge in [-0.3, -0.25) is 0 Å². The van der Waals surface area contributed by atoms with Crippen molar-refractivity contribution in [2.75, 3.05) is 23.3 Å². The van der Waals surface area contributed by atoms with Crippen molar-refractivity contribution in [3.63, 3.8) is 0 Å². The molecule has 2 aliphatic rings. The number of anilines is 2. The number of hydrogen-bond donors (Lipinski definition) is 2. The van der Waals surface area contributed by atoms with Gasteiger partial charge in [0, 0.05) is 24.7 Å². The summed E-state index contributed by atoms with van der Waals surface area (Å²) in [6.07, 6.45) is 6.04. The SMILES string of the molecule is Cc1nc(NC2CC2)cc(N2CCCC2CCN)n1. The first kappa shape index (κ1) is 12.7. The van der Waals surface area contributed by atoms with Gasteiger partial charge >= 0.3 is 0 Å². The highest BCUT2D eigenvalue weighted by Gasteiger charge is 2.26. The number of hydrogen-bond acceptors (Lipinski definition) is 5. The van der Waals surface area contributed by atoms with Crippen LogP contribution in [0.5, 0.6) is 0 Å². The van der Waals surface area contributed by atoms with E-state index >= 15 is 0 Å². The largest absolute Gasteiger partial charge is 0.367 e. The van der Waals surface area contributed by atoms with Gasteiger partial charge in [0.05, 0.1) is 0 Å². The zero-order valence-electron chi connectivity index (χ0n) is 11.6. The third-order valence-corrected chi connectivity index (χ3v) is 3.93. The van der Waals surface area contributed by atoms with E-state index in [1.807, 2.05) is 6.92 Å². The van der Waals surface area contributed by atoms with Crippen LogP contribution in [0.3, 0.4) is 0 Å². The molecule has 0 radical (unpaired) electrons. The predicted octanol–water partition coefficient (Wildman–Crippen LogP) is 1.68. The maximum Gasteiger partial charge on any atom is 0.134 e. The van der Waals surface area contributed by atoms with Crippen LogP contribution in [-0.4, -0.2) is 35.1 Å². The summed E-state index contributed by atoms with van der Waals surface area (Å²) in [5, 5.41) is 3.46. The Morgan fingerprint density at radius 2 is 2.21 bits per heavy atom. The molecule has 1 unspecified atom stereocenters. The van der Waals surface area contributed by atoms with Crippen molar-refractivity contribution >= 4 is 11.6 Å². The summed E-state index contributed by atoms with van der Waals surface area (Å²) >= 11 is 0. The standard InChI is InChI=1S/C14H23N5/c1-10-16-13(18-11-4-5-11)9-14(17-10)19-8-2-3-12(19)6-7-15/h9,11-12H,2-8,15H2,1H3,(H,16,17,18). The molecular formula is C14H23N5. The van der Waals surface area contributed by atoms with Gasteiger partial charge in [0.15, 0.2) is 0 Å². The smallest absolute Gasteiger partial charge is 0.134 e. The van der Waals surface area contributed by atoms with Crippen molar-refractivity contribution in [2.45, 2.75) is 51.1 Å². The van der Waals surface area contributed by atoms with E-state index in [9.17, 15) is 0 Å². The highest BCUT2D eigenvalue weighted by molar-refractivity contribution is 5.51. The summed E-state index contributed by atoms with van der Waals surface area (Å²) in [6.45, 7) is 3.80. The first-order valence-corrected chi connectivity index (χ1v) is 7.35. The van der Waals surface area contributed by atoms with Crippen LogP contribution in [0.25, 0.3) is 0 Å². The fourth-order valence-corrected chi connectivity index (χ4v) is 2.84. The van der Waals surface area contributed by atoms with Crippen molar-refractivity contribution < 1.29 is 0 Å². The van der Waals surface area contributed by atoms with Crippen molar-refractivity contribution in [1.82, 2.24) is 9.97 Å². The summed E-state index contributed by atoms with van der Waals surface area (Å²) < 4.78 is 0. The van der Waals surface area contributed by atoms with Crippen LogP contribution in [0.2, 0.25) is 0 Å². The molecule has 5 nitrogen and oxygen atoms in total. The van der Waals surface area contributed by atoms with Gasteiger partial charge < -0.3 is 16.0 Å². The Morgan fingerprint density at radius 1 is 1.37 bits per heavy atom. The average molecular weight is 261 g/mol. The summed E-state index contributed by atoms with van der Waals surface area (Å²) in [6, 6.07) is 3.27. The highest BCUT2D eigenvalue weighted by Crippen LogP contribution is 2.29. The van der Waals surface area contributed by atoms with Gasteiger partial charge in [-0.15, -0.1) is 0 Å². The van der Waals surface area contributed by atoms with E-state index in [0.29, 0.717) is 12.1 Å². The second kappa shape index (κ2) is 5.33. The summed E-state index contributed by atoms with van der Waals surface area (Å²) in [4.78, 5) is 11.5. The molecule has 5 heteroatoms. The number of nitrogens with one attached hydrogen (secondary N) is 1. The van der Waals surface area contributed by atoms with Crippen LogP contribution in [0.15, 0.2) is 6.07 Å². The molecule has 0 spiro atoms. The summed E-state index contributed by atoms with van der Waals surface area (Å²) in [7, 11) is 0. The average Bonchev–Trinajstić information content (AvgIpc) is 3.05. The fraction of sp³-hybridized carbons (Fsp3) is 0.714. The van der Waals surface area contributed by atoms with Gasteiger partial charge in [0.1, 0.15) is 17.5 Å². The molecule has 1 aliphatic heterocycles. The van der Waals surface area contributed by atoms with Gasteiger partial charge in [-0.25, -0.2) is 9.97 Å². The van der Waals surface area contributed by atoms with E-state index in [1.165, 1.54) is 25.7 Å². The molecule has 1 aromatic heterocycles. The van der Waals surface area contributed by atoms with Crippen molar-refractivity contribution in [2.24, 2.45) is 5.73 Å². The number of nitrogens with zero attached hydrogens (tertiary/aromatic N) is 3. The van der Waals surface area contributed by atoms with Crippen LogP contribution < -0.4 is 16.0 Å². The maximum absolute atomic E-state index is 5.71. The Bertz CT molecular complexity index is 443. The van der Waals surface area contributed by atoms with E-state index in [-0.39, 0.29) is 0 Å². The lowest BCUT2D eigenvalue weighted by molar-refractivity contribution is 0.613. The van der Waals surface area contributed by atoms with Crippen LogP contribution in [0, 0.1) is 6.92 Å². The first-order valence-electron chi connectivity index (χ1n) is 7.35. The molecule has 1 aromatic rings. The van der Waals surface area contributed by atoms with Gasteiger partial charge in [-0.2, -0.15) is 0 Å². The molecule has 0 amide bonds. The van der Waals surface area contributed by atoms with E-state index in [2.05, 4.69) is 26.3 Å². The molecule has 1 saturated heterocycles. The molecule has 104 valence electrons. The highest BCUT2D eigenvalue weighted by atomic mass is 15.2. The quantitative estimate of drug-likeness (QED) is 0.844. The zero-order valence-corrected chi connectivity index (χ0v) is 11.6. The monoisotopic (exact) mass is 261 g/mol. The second-order valence-electron chi connectivity index (χ2n) is 5.64. The maximum atomic E-state index is 5.71. The summed E-state index contributed by atoms with van der Waals surface area (Å²) in [5.74, 6) is 2.88. The molecule has 1 aliphatic carbocycles. The van der Waals surface area contributed by atoms with Crippen LogP contribution in [-0.2, 0) is 0 Å². The fourth-order valence-electron chi connectivity index (χ4n) is 2.84. The van der Waals surface area contributed by atoms with Gasteiger partial charge in [0.25, 0.3) is 0 Å². The Labute approximate surface area is 114 Å². The van der Waals surface area contributed by atoms with Crippen LogP contribution >= 0.6 is 0 Å². The number of aromatic nitrogens is 2. The minimum absolute atomic E-state index is 0.549. The molecule has 1 atom stereocenters. The van der Waals surface area contributed by atoms with E-state index in [0.717, 1.165) is 37.0 Å². The normalized spacial score (nSPS) is 22.8. The molecule has 19 heavy (non-hydrogen) atoms. The third-order valence-electron chi connectivity index (χ3n) is 3.93. The lowest BCUT2D eigenvalue weighted by atomic mass is 10.1.